The summed E-state index contributed by atoms with van der Waals surface area (Å²) in [6.07, 6.45) is 0. The molecule has 34 heavy (non-hydrogen) atoms. The Morgan fingerprint density at radius 3 is 2.41 bits per heavy atom. The fourth-order valence-corrected chi connectivity index (χ4v) is 4.16. The number of methoxy groups -OCH3 is 1. The number of hydrogen-bond acceptors (Lipinski definition) is 9. The minimum Gasteiger partial charge on any atom is -0.464 e. The van der Waals surface area contributed by atoms with Crippen LogP contribution >= 0.6 is 0 Å². The van der Waals surface area contributed by atoms with E-state index in [1.807, 2.05) is 24.3 Å². The molecule has 2 heterocycles. The molecule has 0 saturated carbocycles. The average molecular weight is 487 g/mol. The number of primary sulfonamides is 1. The number of hydrogen-bond donors (Lipinski definition) is 1. The van der Waals surface area contributed by atoms with Crippen LogP contribution in [0.25, 0.3) is 16.9 Å². The van der Waals surface area contributed by atoms with Gasteiger partial charge in [-0.1, -0.05) is 12.1 Å². The largest absolute Gasteiger partial charge is 0.464 e. The standard InChI is InChI=1S/C21H21N5O7S/c1-32-21(27)20-13-17(14-2-4-15(5-3-14)24-8-10-33-11-9-24)23-25(20)18-7-6-16(34(22,30)31)12-19(18)26(28)29/h2-7,12-13H,8-11H2,1H3,(H2,22,30,31). The van der Waals surface area contributed by atoms with E-state index in [2.05, 4.69) is 10.00 Å². The highest BCUT2D eigenvalue weighted by atomic mass is 32.2. The Bertz CT molecular complexity index is 1350. The Kier molecular flexibility index (Phi) is 6.32. The fourth-order valence-electron chi connectivity index (χ4n) is 3.63. The van der Waals surface area contributed by atoms with E-state index in [0.717, 1.165) is 35.6 Å². The first kappa shape index (κ1) is 23.4. The zero-order valence-electron chi connectivity index (χ0n) is 18.1. The normalized spacial score (nSPS) is 14.1. The number of anilines is 1. The molecule has 0 amide bonds. The Hall–Kier alpha value is -3.81. The van der Waals surface area contributed by atoms with Gasteiger partial charge in [-0.2, -0.15) is 5.10 Å². The minimum absolute atomic E-state index is 0.0683. The Labute approximate surface area is 194 Å². The monoisotopic (exact) mass is 487 g/mol. The second-order valence-electron chi connectivity index (χ2n) is 7.42. The predicted octanol–water partition coefficient (Wildman–Crippen LogP) is 1.72. The molecule has 0 aliphatic carbocycles. The van der Waals surface area contributed by atoms with Gasteiger partial charge >= 0.3 is 5.97 Å². The van der Waals surface area contributed by atoms with Gasteiger partial charge in [-0.25, -0.2) is 23.0 Å². The summed E-state index contributed by atoms with van der Waals surface area (Å²) in [6.45, 7) is 2.85. The van der Waals surface area contributed by atoms with Crippen molar-refractivity contribution in [1.82, 2.24) is 9.78 Å². The number of nitrogens with zero attached hydrogens (tertiary/aromatic N) is 4. The van der Waals surface area contributed by atoms with E-state index in [1.165, 1.54) is 19.2 Å². The molecular weight excluding hydrogens is 466 g/mol. The predicted molar refractivity (Wildman–Crippen MR) is 121 cm³/mol. The number of nitro groups is 1. The molecule has 2 N–H and O–H groups in total. The number of rotatable bonds is 6. The lowest BCUT2D eigenvalue weighted by molar-refractivity contribution is -0.384. The zero-order chi connectivity index (χ0) is 24.5. The van der Waals surface area contributed by atoms with E-state index in [4.69, 9.17) is 14.6 Å². The number of carbonyl (C=O) groups is 1. The van der Waals surface area contributed by atoms with Crippen molar-refractivity contribution in [2.24, 2.45) is 5.14 Å². The number of sulfonamides is 1. The molecule has 0 atom stereocenters. The molecule has 0 unspecified atom stereocenters. The maximum absolute atomic E-state index is 12.4. The van der Waals surface area contributed by atoms with Crippen molar-refractivity contribution in [2.45, 2.75) is 4.90 Å². The zero-order valence-corrected chi connectivity index (χ0v) is 18.9. The second-order valence-corrected chi connectivity index (χ2v) is 8.98. The lowest BCUT2D eigenvalue weighted by Crippen LogP contribution is -2.36. The summed E-state index contributed by atoms with van der Waals surface area (Å²) < 4.78 is 34.6. The summed E-state index contributed by atoms with van der Waals surface area (Å²) in [6, 6.07) is 12.0. The summed E-state index contributed by atoms with van der Waals surface area (Å²) in [4.78, 5) is 25.1. The first-order valence-corrected chi connectivity index (χ1v) is 11.7. The van der Waals surface area contributed by atoms with Crippen LogP contribution in [0.3, 0.4) is 0 Å². The number of aromatic nitrogens is 2. The van der Waals surface area contributed by atoms with Crippen LogP contribution in [0.5, 0.6) is 0 Å². The molecule has 0 bridgehead atoms. The van der Waals surface area contributed by atoms with Crippen molar-refractivity contribution in [3.8, 4) is 16.9 Å². The third-order valence-corrected chi connectivity index (χ3v) is 6.25. The molecule has 13 heteroatoms. The molecule has 4 rings (SSSR count). The second kappa shape index (κ2) is 9.21. The number of carbonyl (C=O) groups excluding carboxylic acids is 1. The molecule has 1 aliphatic rings. The first-order chi connectivity index (χ1) is 16.2. The summed E-state index contributed by atoms with van der Waals surface area (Å²) in [5, 5.41) is 21.2. The third kappa shape index (κ3) is 4.62. The van der Waals surface area contributed by atoms with E-state index < -0.39 is 31.5 Å². The van der Waals surface area contributed by atoms with Gasteiger partial charge in [0.15, 0.2) is 5.69 Å². The summed E-state index contributed by atoms with van der Waals surface area (Å²) in [5.41, 5.74) is 1.28. The smallest absolute Gasteiger partial charge is 0.356 e. The number of nitrogens with two attached hydrogens (primary N) is 1. The van der Waals surface area contributed by atoms with Crippen molar-refractivity contribution in [3.63, 3.8) is 0 Å². The molecule has 0 radical (unpaired) electrons. The maximum Gasteiger partial charge on any atom is 0.356 e. The highest BCUT2D eigenvalue weighted by Crippen LogP contribution is 2.30. The van der Waals surface area contributed by atoms with E-state index in [-0.39, 0.29) is 11.4 Å². The molecule has 0 spiro atoms. The van der Waals surface area contributed by atoms with Gasteiger partial charge in [0.05, 0.1) is 35.8 Å². The fraction of sp³-hybridized carbons (Fsp3) is 0.238. The number of benzene rings is 2. The van der Waals surface area contributed by atoms with E-state index >= 15 is 0 Å². The molecule has 178 valence electrons. The van der Waals surface area contributed by atoms with Gasteiger partial charge in [-0.05, 0) is 30.3 Å². The Balaban J connectivity index is 1.78. The van der Waals surface area contributed by atoms with Crippen molar-refractivity contribution in [3.05, 3.63) is 64.3 Å². The van der Waals surface area contributed by atoms with E-state index in [0.29, 0.717) is 24.5 Å². The lowest BCUT2D eigenvalue weighted by Gasteiger charge is -2.28. The molecule has 1 fully saturated rings. The lowest BCUT2D eigenvalue weighted by atomic mass is 10.1. The number of nitro benzene ring substituents is 1. The van der Waals surface area contributed by atoms with Crippen molar-refractivity contribution >= 4 is 27.4 Å². The van der Waals surface area contributed by atoms with Crippen LogP contribution in [0.1, 0.15) is 10.5 Å². The minimum atomic E-state index is -4.18. The number of esters is 1. The van der Waals surface area contributed by atoms with Gasteiger partial charge in [0.2, 0.25) is 10.0 Å². The number of ether oxygens (including phenoxy) is 2. The summed E-state index contributed by atoms with van der Waals surface area (Å²) in [7, 11) is -3.00. The van der Waals surface area contributed by atoms with Crippen molar-refractivity contribution in [1.29, 1.82) is 0 Å². The SMILES string of the molecule is COC(=O)c1cc(-c2ccc(N3CCOCC3)cc2)nn1-c1ccc(S(N)(=O)=O)cc1[N+](=O)[O-]. The third-order valence-electron chi connectivity index (χ3n) is 5.34. The van der Waals surface area contributed by atoms with Gasteiger partial charge in [0.1, 0.15) is 5.69 Å². The molecular formula is C21H21N5O7S. The van der Waals surface area contributed by atoms with Gasteiger partial charge in [-0.15, -0.1) is 0 Å². The van der Waals surface area contributed by atoms with Gasteiger partial charge in [0.25, 0.3) is 5.69 Å². The van der Waals surface area contributed by atoms with Crippen LogP contribution < -0.4 is 10.0 Å². The van der Waals surface area contributed by atoms with Crippen LogP contribution in [0, 0.1) is 10.1 Å². The van der Waals surface area contributed by atoms with Gasteiger partial charge in [-0.3, -0.25) is 10.1 Å². The summed E-state index contributed by atoms with van der Waals surface area (Å²) >= 11 is 0. The first-order valence-electron chi connectivity index (χ1n) is 10.1. The van der Waals surface area contributed by atoms with E-state index in [1.54, 1.807) is 0 Å². The van der Waals surface area contributed by atoms with Crippen molar-refractivity contribution in [2.75, 3.05) is 38.3 Å². The quantitative estimate of drug-likeness (QED) is 0.310. The van der Waals surface area contributed by atoms with Crippen LogP contribution in [-0.2, 0) is 19.5 Å². The van der Waals surface area contributed by atoms with Crippen LogP contribution in [0.2, 0.25) is 0 Å². The van der Waals surface area contributed by atoms with Crippen LogP contribution in [0.4, 0.5) is 11.4 Å². The molecule has 3 aromatic rings. The molecule has 1 aliphatic heterocycles. The van der Waals surface area contributed by atoms with Crippen LogP contribution in [0.15, 0.2) is 53.4 Å². The van der Waals surface area contributed by atoms with E-state index in [9.17, 15) is 23.3 Å². The molecule has 1 aromatic heterocycles. The topological polar surface area (TPSA) is 160 Å². The van der Waals surface area contributed by atoms with Crippen molar-refractivity contribution < 1.29 is 27.6 Å². The summed E-state index contributed by atoms with van der Waals surface area (Å²) in [5.74, 6) is -0.770. The Morgan fingerprint density at radius 1 is 1.15 bits per heavy atom. The maximum atomic E-state index is 12.4. The highest BCUT2D eigenvalue weighted by Gasteiger charge is 2.26. The van der Waals surface area contributed by atoms with Gasteiger partial charge < -0.3 is 14.4 Å². The molecule has 12 nitrogen and oxygen atoms in total. The average Bonchev–Trinajstić information content (AvgIpc) is 3.28. The molecule has 2 aromatic carbocycles. The van der Waals surface area contributed by atoms with Gasteiger partial charge in [0, 0.05) is 30.4 Å². The molecule has 1 saturated heterocycles. The highest BCUT2D eigenvalue weighted by molar-refractivity contribution is 7.89. The Morgan fingerprint density at radius 2 is 1.82 bits per heavy atom. The van der Waals surface area contributed by atoms with Crippen LogP contribution in [-0.4, -0.2) is 62.5 Å². The number of morpholine rings is 1.